The molecule has 16 heavy (non-hydrogen) atoms. The van der Waals surface area contributed by atoms with Gasteiger partial charge in [0, 0.05) is 24.6 Å². The monoisotopic (exact) mass is 216 g/mol. The van der Waals surface area contributed by atoms with Gasteiger partial charge in [0.25, 0.3) is 0 Å². The molecule has 2 aromatic rings. The van der Waals surface area contributed by atoms with Gasteiger partial charge in [-0.3, -0.25) is 4.68 Å². The number of nitrogens with zero attached hydrogens (tertiary/aromatic N) is 2. The zero-order valence-corrected chi connectivity index (χ0v) is 9.78. The van der Waals surface area contributed by atoms with Crippen LogP contribution in [0.3, 0.4) is 0 Å². The lowest BCUT2D eigenvalue weighted by Gasteiger charge is -2.09. The zero-order valence-electron chi connectivity index (χ0n) is 9.78. The third-order valence-corrected chi connectivity index (χ3v) is 2.54. The second-order valence-electron chi connectivity index (χ2n) is 4.00. The molecule has 0 aliphatic heterocycles. The van der Waals surface area contributed by atoms with Crippen molar-refractivity contribution in [3.05, 3.63) is 35.7 Å². The summed E-state index contributed by atoms with van der Waals surface area (Å²) >= 11 is 0. The van der Waals surface area contributed by atoms with Crippen molar-refractivity contribution in [2.45, 2.75) is 13.8 Å². The molecule has 4 nitrogen and oxygen atoms in total. The first-order valence-electron chi connectivity index (χ1n) is 5.19. The Balaban J connectivity index is 2.33. The van der Waals surface area contributed by atoms with Crippen LogP contribution in [0.15, 0.2) is 24.4 Å². The minimum atomic E-state index is 0.759. The maximum Gasteiger partial charge on any atom is 0.0828 e. The van der Waals surface area contributed by atoms with Gasteiger partial charge in [0.05, 0.1) is 11.4 Å². The number of anilines is 3. The number of rotatable bonds is 2. The predicted octanol–water partition coefficient (Wildman–Crippen LogP) is 2.36. The van der Waals surface area contributed by atoms with Crippen molar-refractivity contribution in [2.75, 3.05) is 11.1 Å². The molecule has 0 radical (unpaired) electrons. The molecule has 0 saturated carbocycles. The van der Waals surface area contributed by atoms with Gasteiger partial charge in [0.1, 0.15) is 0 Å². The first-order chi connectivity index (χ1) is 7.56. The fraction of sp³-hybridized carbons (Fsp3) is 0.250. The number of nitrogens with one attached hydrogen (secondary N) is 1. The molecule has 1 aromatic heterocycles. The third kappa shape index (κ3) is 2.00. The summed E-state index contributed by atoms with van der Waals surface area (Å²) in [6, 6.07) is 5.84. The smallest absolute Gasteiger partial charge is 0.0828 e. The first-order valence-corrected chi connectivity index (χ1v) is 5.19. The number of hydrogen-bond donors (Lipinski definition) is 2. The molecule has 4 heteroatoms. The van der Waals surface area contributed by atoms with Gasteiger partial charge >= 0.3 is 0 Å². The van der Waals surface area contributed by atoms with Crippen LogP contribution in [-0.2, 0) is 7.05 Å². The molecule has 0 fully saturated rings. The molecule has 0 aliphatic carbocycles. The number of benzene rings is 1. The van der Waals surface area contributed by atoms with Gasteiger partial charge in [-0.1, -0.05) is 6.07 Å². The summed E-state index contributed by atoms with van der Waals surface area (Å²) in [5.41, 5.74) is 10.7. The molecule has 1 aromatic carbocycles. The Labute approximate surface area is 95.1 Å². The highest BCUT2D eigenvalue weighted by molar-refractivity contribution is 5.67. The van der Waals surface area contributed by atoms with Crippen LogP contribution in [0, 0.1) is 13.8 Å². The molecule has 84 valence electrons. The highest BCUT2D eigenvalue weighted by Gasteiger charge is 2.05. The number of aryl methyl sites for hydroxylation is 3. The average Bonchev–Trinajstić information content (AvgIpc) is 2.51. The van der Waals surface area contributed by atoms with E-state index in [1.165, 1.54) is 0 Å². The molecular weight excluding hydrogens is 200 g/mol. The van der Waals surface area contributed by atoms with Gasteiger partial charge in [-0.25, -0.2) is 0 Å². The molecule has 0 amide bonds. The van der Waals surface area contributed by atoms with E-state index in [4.69, 9.17) is 5.73 Å². The number of nitrogens with two attached hydrogens (primary N) is 1. The quantitative estimate of drug-likeness (QED) is 0.758. The van der Waals surface area contributed by atoms with Crippen LogP contribution in [0.2, 0.25) is 0 Å². The minimum absolute atomic E-state index is 0.759. The molecule has 0 saturated heterocycles. The fourth-order valence-electron chi connectivity index (χ4n) is 1.64. The van der Waals surface area contributed by atoms with E-state index in [-0.39, 0.29) is 0 Å². The van der Waals surface area contributed by atoms with E-state index in [1.54, 1.807) is 4.68 Å². The number of hydrogen-bond acceptors (Lipinski definition) is 3. The molecule has 2 rings (SSSR count). The second kappa shape index (κ2) is 3.89. The van der Waals surface area contributed by atoms with Gasteiger partial charge < -0.3 is 11.1 Å². The second-order valence-corrected chi connectivity index (χ2v) is 4.00. The Morgan fingerprint density at radius 1 is 1.25 bits per heavy atom. The van der Waals surface area contributed by atoms with Crippen molar-refractivity contribution in [1.29, 1.82) is 0 Å². The van der Waals surface area contributed by atoms with Crippen molar-refractivity contribution in [3.8, 4) is 0 Å². The maximum atomic E-state index is 5.76. The molecule has 0 bridgehead atoms. The van der Waals surface area contributed by atoms with E-state index < -0.39 is 0 Å². The third-order valence-electron chi connectivity index (χ3n) is 2.54. The summed E-state index contributed by atoms with van der Waals surface area (Å²) in [5.74, 6) is 0. The fourth-order valence-corrected chi connectivity index (χ4v) is 1.64. The number of aromatic nitrogens is 2. The average molecular weight is 216 g/mol. The Bertz CT molecular complexity index is 514. The van der Waals surface area contributed by atoms with E-state index >= 15 is 0 Å². The van der Waals surface area contributed by atoms with E-state index in [2.05, 4.69) is 10.4 Å². The van der Waals surface area contributed by atoms with E-state index in [0.717, 1.165) is 28.3 Å². The van der Waals surface area contributed by atoms with Gasteiger partial charge in [-0.05, 0) is 31.5 Å². The van der Waals surface area contributed by atoms with Crippen LogP contribution in [0.25, 0.3) is 0 Å². The minimum Gasteiger partial charge on any atom is -0.399 e. The lowest BCUT2D eigenvalue weighted by Crippen LogP contribution is -1.95. The first kappa shape index (κ1) is 10.5. The highest BCUT2D eigenvalue weighted by Crippen LogP contribution is 2.24. The van der Waals surface area contributed by atoms with Crippen LogP contribution in [0.1, 0.15) is 11.3 Å². The Morgan fingerprint density at radius 2 is 2.00 bits per heavy atom. The van der Waals surface area contributed by atoms with Gasteiger partial charge in [0.15, 0.2) is 0 Å². The Hall–Kier alpha value is -1.97. The van der Waals surface area contributed by atoms with Crippen molar-refractivity contribution < 1.29 is 0 Å². The molecule has 1 heterocycles. The van der Waals surface area contributed by atoms with Crippen LogP contribution in [-0.4, -0.2) is 9.78 Å². The molecular formula is C12H16N4. The molecule has 0 aliphatic rings. The van der Waals surface area contributed by atoms with Crippen molar-refractivity contribution in [3.63, 3.8) is 0 Å². The van der Waals surface area contributed by atoms with Crippen LogP contribution in [0.4, 0.5) is 17.1 Å². The summed E-state index contributed by atoms with van der Waals surface area (Å²) in [6.45, 7) is 4.03. The van der Waals surface area contributed by atoms with Gasteiger partial charge in [0.2, 0.25) is 0 Å². The van der Waals surface area contributed by atoms with Gasteiger partial charge in [-0.2, -0.15) is 5.10 Å². The number of nitrogen functional groups attached to an aromatic ring is 1. The normalized spacial score (nSPS) is 10.4. The topological polar surface area (TPSA) is 55.9 Å². The van der Waals surface area contributed by atoms with Gasteiger partial charge in [-0.15, -0.1) is 0 Å². The summed E-state index contributed by atoms with van der Waals surface area (Å²) in [6.07, 6.45) is 1.96. The van der Waals surface area contributed by atoms with Crippen LogP contribution >= 0.6 is 0 Å². The van der Waals surface area contributed by atoms with Crippen molar-refractivity contribution in [2.24, 2.45) is 7.05 Å². The summed E-state index contributed by atoms with van der Waals surface area (Å²) in [4.78, 5) is 0. The zero-order chi connectivity index (χ0) is 11.7. The molecule has 0 unspecified atom stereocenters. The standard InChI is InChI=1S/C12H16N4/c1-8-4-5-10(13)6-11(8)14-12-7-16(3)15-9(12)2/h4-7,14H,13H2,1-3H3. The highest BCUT2D eigenvalue weighted by atomic mass is 15.3. The van der Waals surface area contributed by atoms with E-state index in [1.807, 2.05) is 45.3 Å². The van der Waals surface area contributed by atoms with E-state index in [0.29, 0.717) is 0 Å². The molecule has 3 N–H and O–H groups in total. The van der Waals surface area contributed by atoms with Crippen molar-refractivity contribution >= 4 is 17.1 Å². The summed E-state index contributed by atoms with van der Waals surface area (Å²) < 4.78 is 1.79. The lowest BCUT2D eigenvalue weighted by atomic mass is 10.2. The van der Waals surface area contributed by atoms with E-state index in [9.17, 15) is 0 Å². The Kier molecular flexibility index (Phi) is 2.56. The van der Waals surface area contributed by atoms with Crippen LogP contribution in [0.5, 0.6) is 0 Å². The summed E-state index contributed by atoms with van der Waals surface area (Å²) in [5, 5.41) is 7.62. The largest absolute Gasteiger partial charge is 0.399 e. The summed E-state index contributed by atoms with van der Waals surface area (Å²) in [7, 11) is 1.91. The Morgan fingerprint density at radius 3 is 2.62 bits per heavy atom. The SMILES string of the molecule is Cc1ccc(N)cc1Nc1cn(C)nc1C. The lowest BCUT2D eigenvalue weighted by molar-refractivity contribution is 0.756. The maximum absolute atomic E-state index is 5.76. The molecule has 0 atom stereocenters. The predicted molar refractivity (Wildman–Crippen MR) is 66.8 cm³/mol. The van der Waals surface area contributed by atoms with Crippen molar-refractivity contribution in [1.82, 2.24) is 9.78 Å². The molecule has 0 spiro atoms. The van der Waals surface area contributed by atoms with Crippen LogP contribution < -0.4 is 11.1 Å².